The van der Waals surface area contributed by atoms with Crippen LogP contribution in [0.15, 0.2) is 17.0 Å². The highest BCUT2D eigenvalue weighted by molar-refractivity contribution is 7.89. The zero-order valence-corrected chi connectivity index (χ0v) is 12.9. The van der Waals surface area contributed by atoms with Crippen molar-refractivity contribution in [1.82, 2.24) is 4.90 Å². The summed E-state index contributed by atoms with van der Waals surface area (Å²) in [6, 6.07) is 2.53. The molecule has 1 aliphatic carbocycles. The number of carbonyl (C=O) groups excluding carboxylic acids is 1. The standard InChI is InChI=1S/C14H19FN2O3S/c1-9-7-10(8-12(13(9)15)21(16,19)20)14(18)17(2)11-5-3-4-6-11/h7-8,11H,3-6H2,1-2H3,(H2,16,19,20). The van der Waals surface area contributed by atoms with Gasteiger partial charge in [-0.1, -0.05) is 12.8 Å². The smallest absolute Gasteiger partial charge is 0.253 e. The van der Waals surface area contributed by atoms with Gasteiger partial charge in [0.2, 0.25) is 10.0 Å². The first-order valence-corrected chi connectivity index (χ1v) is 8.36. The molecule has 0 unspecified atom stereocenters. The summed E-state index contributed by atoms with van der Waals surface area (Å²) in [4.78, 5) is 13.4. The van der Waals surface area contributed by atoms with Crippen molar-refractivity contribution in [2.75, 3.05) is 7.05 Å². The Morgan fingerprint density at radius 3 is 2.43 bits per heavy atom. The molecular formula is C14H19FN2O3S. The Bertz CT molecular complexity index is 667. The van der Waals surface area contributed by atoms with Crippen molar-refractivity contribution in [1.29, 1.82) is 0 Å². The van der Waals surface area contributed by atoms with E-state index in [1.54, 1.807) is 11.9 Å². The molecule has 0 heterocycles. The van der Waals surface area contributed by atoms with E-state index in [1.165, 1.54) is 13.0 Å². The Morgan fingerprint density at radius 1 is 1.33 bits per heavy atom. The number of nitrogens with two attached hydrogens (primary N) is 1. The fraction of sp³-hybridized carbons (Fsp3) is 0.500. The van der Waals surface area contributed by atoms with E-state index in [2.05, 4.69) is 0 Å². The van der Waals surface area contributed by atoms with Crippen LogP contribution in [0.25, 0.3) is 0 Å². The Kier molecular flexibility index (Phi) is 4.34. The molecule has 1 aromatic carbocycles. The van der Waals surface area contributed by atoms with Crippen LogP contribution in [0.3, 0.4) is 0 Å². The van der Waals surface area contributed by atoms with Gasteiger partial charge in [-0.15, -0.1) is 0 Å². The molecule has 1 aliphatic rings. The maximum atomic E-state index is 13.9. The molecule has 1 saturated carbocycles. The van der Waals surface area contributed by atoms with Crippen molar-refractivity contribution >= 4 is 15.9 Å². The quantitative estimate of drug-likeness (QED) is 0.923. The number of hydrogen-bond acceptors (Lipinski definition) is 3. The van der Waals surface area contributed by atoms with Gasteiger partial charge in [-0.05, 0) is 37.5 Å². The molecule has 0 atom stereocenters. The SMILES string of the molecule is Cc1cc(C(=O)N(C)C2CCCC2)cc(S(N)(=O)=O)c1F. The molecule has 0 spiro atoms. The molecular weight excluding hydrogens is 295 g/mol. The van der Waals surface area contributed by atoms with Crippen LogP contribution in [0.1, 0.15) is 41.6 Å². The lowest BCUT2D eigenvalue weighted by Crippen LogP contribution is -2.35. The average molecular weight is 314 g/mol. The molecule has 0 aromatic heterocycles. The minimum absolute atomic E-state index is 0.0877. The highest BCUT2D eigenvalue weighted by atomic mass is 32.2. The van der Waals surface area contributed by atoms with E-state index in [0.29, 0.717) is 0 Å². The van der Waals surface area contributed by atoms with E-state index in [-0.39, 0.29) is 23.1 Å². The van der Waals surface area contributed by atoms with Crippen LogP contribution >= 0.6 is 0 Å². The first-order chi connectivity index (χ1) is 9.71. The molecule has 21 heavy (non-hydrogen) atoms. The number of carbonyl (C=O) groups is 1. The fourth-order valence-corrected chi connectivity index (χ4v) is 3.43. The summed E-state index contributed by atoms with van der Waals surface area (Å²) in [5, 5.41) is 5.00. The number of nitrogens with zero attached hydrogens (tertiary/aromatic N) is 1. The van der Waals surface area contributed by atoms with Crippen molar-refractivity contribution in [2.24, 2.45) is 5.14 Å². The molecule has 1 aromatic rings. The summed E-state index contributed by atoms with van der Waals surface area (Å²) in [6.07, 6.45) is 4.02. The minimum atomic E-state index is -4.20. The maximum Gasteiger partial charge on any atom is 0.253 e. The second kappa shape index (κ2) is 5.73. The van der Waals surface area contributed by atoms with Gasteiger partial charge in [0.15, 0.2) is 0 Å². The Labute approximate surface area is 124 Å². The second-order valence-corrected chi connectivity index (χ2v) is 7.03. The van der Waals surface area contributed by atoms with E-state index in [9.17, 15) is 17.6 Å². The molecule has 7 heteroatoms. The zero-order chi connectivity index (χ0) is 15.8. The first kappa shape index (κ1) is 15.9. The largest absolute Gasteiger partial charge is 0.339 e. The van der Waals surface area contributed by atoms with Crippen LogP contribution in [0.5, 0.6) is 0 Å². The van der Waals surface area contributed by atoms with Crippen molar-refractivity contribution in [3.8, 4) is 0 Å². The van der Waals surface area contributed by atoms with Gasteiger partial charge in [0.05, 0.1) is 0 Å². The van der Waals surface area contributed by atoms with Gasteiger partial charge in [-0.25, -0.2) is 17.9 Å². The monoisotopic (exact) mass is 314 g/mol. The van der Waals surface area contributed by atoms with Crippen molar-refractivity contribution < 1.29 is 17.6 Å². The van der Waals surface area contributed by atoms with E-state index in [1.807, 2.05) is 0 Å². The van der Waals surface area contributed by atoms with Gasteiger partial charge >= 0.3 is 0 Å². The summed E-state index contributed by atoms with van der Waals surface area (Å²) >= 11 is 0. The number of sulfonamides is 1. The van der Waals surface area contributed by atoms with Crippen molar-refractivity contribution in [3.63, 3.8) is 0 Å². The van der Waals surface area contributed by atoms with Crippen LogP contribution in [0, 0.1) is 12.7 Å². The van der Waals surface area contributed by atoms with Gasteiger partial charge in [-0.3, -0.25) is 4.79 Å². The van der Waals surface area contributed by atoms with Crippen LogP contribution in [-0.2, 0) is 10.0 Å². The molecule has 0 radical (unpaired) electrons. The molecule has 116 valence electrons. The van der Waals surface area contributed by atoms with Gasteiger partial charge in [0.25, 0.3) is 5.91 Å². The van der Waals surface area contributed by atoms with Crippen LogP contribution < -0.4 is 5.14 Å². The number of benzene rings is 1. The van der Waals surface area contributed by atoms with Gasteiger partial charge in [0, 0.05) is 18.7 Å². The Hall–Kier alpha value is -1.47. The predicted octanol–water partition coefficient (Wildman–Crippen LogP) is 1.80. The molecule has 1 amide bonds. The topological polar surface area (TPSA) is 80.5 Å². The molecule has 0 bridgehead atoms. The van der Waals surface area contributed by atoms with E-state index >= 15 is 0 Å². The lowest BCUT2D eigenvalue weighted by Gasteiger charge is -2.24. The summed E-state index contributed by atoms with van der Waals surface area (Å²) in [7, 11) is -2.51. The normalized spacial score (nSPS) is 16.2. The number of rotatable bonds is 3. The summed E-state index contributed by atoms with van der Waals surface area (Å²) in [6.45, 7) is 1.41. The molecule has 2 N–H and O–H groups in total. The summed E-state index contributed by atoms with van der Waals surface area (Å²) in [5.41, 5.74) is 0.233. The average Bonchev–Trinajstić information content (AvgIpc) is 2.92. The number of primary sulfonamides is 1. The number of amides is 1. The third kappa shape index (κ3) is 3.24. The van der Waals surface area contributed by atoms with Gasteiger partial charge in [0.1, 0.15) is 10.7 Å². The second-order valence-electron chi connectivity index (χ2n) is 5.50. The molecule has 5 nitrogen and oxygen atoms in total. The number of halogens is 1. The molecule has 1 fully saturated rings. The first-order valence-electron chi connectivity index (χ1n) is 6.82. The van der Waals surface area contributed by atoms with Crippen LogP contribution in [-0.4, -0.2) is 32.3 Å². The Morgan fingerprint density at radius 2 is 1.90 bits per heavy atom. The lowest BCUT2D eigenvalue weighted by atomic mass is 10.1. The van der Waals surface area contributed by atoms with E-state index < -0.39 is 20.7 Å². The highest BCUT2D eigenvalue weighted by Gasteiger charge is 2.26. The maximum absolute atomic E-state index is 13.9. The molecule has 0 saturated heterocycles. The fourth-order valence-electron chi connectivity index (χ4n) is 2.73. The molecule has 0 aliphatic heterocycles. The zero-order valence-electron chi connectivity index (χ0n) is 12.1. The van der Waals surface area contributed by atoms with Crippen molar-refractivity contribution in [3.05, 3.63) is 29.1 Å². The van der Waals surface area contributed by atoms with Crippen LogP contribution in [0.2, 0.25) is 0 Å². The minimum Gasteiger partial charge on any atom is -0.339 e. The van der Waals surface area contributed by atoms with Gasteiger partial charge in [-0.2, -0.15) is 0 Å². The Balaban J connectivity index is 2.40. The van der Waals surface area contributed by atoms with E-state index in [0.717, 1.165) is 31.7 Å². The highest BCUT2D eigenvalue weighted by Crippen LogP contribution is 2.25. The van der Waals surface area contributed by atoms with Crippen LogP contribution in [0.4, 0.5) is 4.39 Å². The van der Waals surface area contributed by atoms with Crippen molar-refractivity contribution in [2.45, 2.75) is 43.5 Å². The summed E-state index contributed by atoms with van der Waals surface area (Å²) < 4.78 is 36.7. The third-order valence-corrected chi connectivity index (χ3v) is 4.88. The molecule has 2 rings (SSSR count). The lowest BCUT2D eigenvalue weighted by molar-refractivity contribution is 0.0734. The number of aryl methyl sites for hydroxylation is 1. The third-order valence-electron chi connectivity index (χ3n) is 3.97. The number of hydrogen-bond donors (Lipinski definition) is 1. The van der Waals surface area contributed by atoms with Gasteiger partial charge < -0.3 is 4.90 Å². The van der Waals surface area contributed by atoms with E-state index in [4.69, 9.17) is 5.14 Å². The summed E-state index contributed by atoms with van der Waals surface area (Å²) in [5.74, 6) is -1.22. The predicted molar refractivity (Wildman–Crippen MR) is 76.9 cm³/mol.